The van der Waals surface area contributed by atoms with Gasteiger partial charge in [0.1, 0.15) is 5.82 Å². The molecule has 3 fully saturated rings. The second-order valence-corrected chi connectivity index (χ2v) is 11.1. The van der Waals surface area contributed by atoms with Crippen LogP contribution < -0.4 is 22.5 Å². The molecule has 0 radical (unpaired) electrons. The van der Waals surface area contributed by atoms with Crippen LogP contribution in [0.3, 0.4) is 0 Å². The molecule has 12 heteroatoms. The first-order valence-electron chi connectivity index (χ1n) is 13.0. The van der Waals surface area contributed by atoms with Crippen molar-refractivity contribution in [1.82, 2.24) is 24.3 Å². The van der Waals surface area contributed by atoms with Crippen molar-refractivity contribution in [2.24, 2.45) is 23.3 Å². The Bertz CT molecular complexity index is 1250. The molecule has 2 aliphatic heterocycles. The Balaban J connectivity index is 1.16. The van der Waals surface area contributed by atoms with Crippen LogP contribution in [0.25, 0.3) is 5.69 Å². The fourth-order valence-corrected chi connectivity index (χ4v) is 5.66. The van der Waals surface area contributed by atoms with Crippen molar-refractivity contribution in [3.63, 3.8) is 0 Å². The van der Waals surface area contributed by atoms with Crippen LogP contribution in [0.4, 0.5) is 10.6 Å². The van der Waals surface area contributed by atoms with E-state index in [9.17, 15) is 19.5 Å². The summed E-state index contributed by atoms with van der Waals surface area (Å²) >= 11 is 0. The summed E-state index contributed by atoms with van der Waals surface area (Å²) in [4.78, 5) is 47.3. The van der Waals surface area contributed by atoms with Crippen molar-refractivity contribution in [2.75, 3.05) is 44.6 Å². The lowest BCUT2D eigenvalue weighted by Gasteiger charge is -2.37. The Labute approximate surface area is 221 Å². The summed E-state index contributed by atoms with van der Waals surface area (Å²) in [6, 6.07) is 9.16. The number of aliphatic hydroxyl groups excluding tert-OH is 1. The summed E-state index contributed by atoms with van der Waals surface area (Å²) < 4.78 is 1.42. The van der Waals surface area contributed by atoms with Gasteiger partial charge >= 0.3 is 11.7 Å². The maximum absolute atomic E-state index is 12.7. The third kappa shape index (κ3) is 5.17. The number of carbonyl (C=O) groups excluding carboxylic acids is 2. The number of fused-ring (bicyclic) bond motifs is 1. The van der Waals surface area contributed by atoms with Crippen LogP contribution in [0.5, 0.6) is 0 Å². The number of piperidine rings is 1. The number of nitrogens with zero attached hydrogens (tertiary/aromatic N) is 5. The highest BCUT2D eigenvalue weighted by Crippen LogP contribution is 2.48. The van der Waals surface area contributed by atoms with E-state index < -0.39 is 11.2 Å². The van der Waals surface area contributed by atoms with Crippen molar-refractivity contribution in [3.05, 3.63) is 52.6 Å². The lowest BCUT2D eigenvalue weighted by atomic mass is 10.1. The summed E-state index contributed by atoms with van der Waals surface area (Å²) in [5, 5.41) is 12.4. The number of rotatable bonds is 6. The number of benzene rings is 1. The molecule has 1 aliphatic carbocycles. The minimum atomic E-state index is -0.954. The molecule has 1 aromatic heterocycles. The van der Waals surface area contributed by atoms with Crippen molar-refractivity contribution < 1.29 is 14.7 Å². The van der Waals surface area contributed by atoms with Crippen LogP contribution in [-0.4, -0.2) is 98.2 Å². The maximum atomic E-state index is 12.7. The summed E-state index contributed by atoms with van der Waals surface area (Å²) in [6.07, 6.45) is 1.58. The number of nitrogens with two attached hydrogens (primary N) is 2. The summed E-state index contributed by atoms with van der Waals surface area (Å²) in [5.74, 6) is 0.880. The third-order valence-corrected chi connectivity index (χ3v) is 7.88. The van der Waals surface area contributed by atoms with Crippen LogP contribution in [0, 0.1) is 11.8 Å². The number of amides is 3. The Morgan fingerprint density at radius 1 is 1.11 bits per heavy atom. The number of nitrogens with one attached hydrogen (secondary N) is 1. The summed E-state index contributed by atoms with van der Waals surface area (Å²) in [6.45, 7) is 6.57. The number of aromatic nitrogens is 2. The van der Waals surface area contributed by atoms with E-state index in [0.29, 0.717) is 43.7 Å². The summed E-state index contributed by atoms with van der Waals surface area (Å²) in [7, 11) is 0. The van der Waals surface area contributed by atoms with E-state index in [1.54, 1.807) is 35.9 Å². The predicted octanol–water partition coefficient (Wildman–Crippen LogP) is -0.604. The molecule has 0 bridgehead atoms. The van der Waals surface area contributed by atoms with Crippen molar-refractivity contribution in [3.8, 4) is 5.69 Å². The van der Waals surface area contributed by atoms with Gasteiger partial charge in [0.05, 0.1) is 17.8 Å². The van der Waals surface area contributed by atoms with Crippen LogP contribution in [0.15, 0.2) is 41.3 Å². The van der Waals surface area contributed by atoms with Crippen molar-refractivity contribution in [2.45, 2.75) is 38.0 Å². The lowest BCUT2D eigenvalue weighted by Crippen LogP contribution is -2.58. The Morgan fingerprint density at radius 3 is 2.37 bits per heavy atom. The van der Waals surface area contributed by atoms with Crippen LogP contribution in [0.2, 0.25) is 0 Å². The molecule has 0 spiro atoms. The number of likely N-dealkylation sites (tertiary alicyclic amines) is 1. The highest BCUT2D eigenvalue weighted by molar-refractivity contribution is 5.89. The van der Waals surface area contributed by atoms with Crippen LogP contribution in [0.1, 0.15) is 19.4 Å². The zero-order chi connectivity index (χ0) is 27.2. The number of aliphatic hydroxyl groups is 1. The first kappa shape index (κ1) is 26.3. The normalized spacial score (nSPS) is 25.3. The van der Waals surface area contributed by atoms with E-state index in [0.717, 1.165) is 18.7 Å². The number of hydrogen-bond donors (Lipinski definition) is 4. The molecule has 4 atom stereocenters. The quantitative estimate of drug-likeness (QED) is 0.389. The first-order valence-corrected chi connectivity index (χ1v) is 13.0. The highest BCUT2D eigenvalue weighted by Gasteiger charge is 2.58. The Hall–Kier alpha value is -3.32. The molecule has 5 rings (SSSR count). The molecular formula is C26H36N8O4. The molecule has 1 saturated carbocycles. The monoisotopic (exact) mass is 524 g/mol. The van der Waals surface area contributed by atoms with Gasteiger partial charge < -0.3 is 26.4 Å². The second-order valence-electron chi connectivity index (χ2n) is 11.1. The number of hydrogen-bond acceptors (Lipinski definition) is 8. The zero-order valence-corrected chi connectivity index (χ0v) is 21.8. The SMILES string of the molecule is CC(C)(N)C(=O)N1CCN(C(=O)Nc2ccn(-c3ccc(CN4C[C@@H]5[C@@H](N)[C@@H]5[C@H]4CO)cc3)c(=O)n2)CC1. The minimum Gasteiger partial charge on any atom is -0.395 e. The smallest absolute Gasteiger partial charge is 0.354 e. The molecule has 3 amide bonds. The van der Waals surface area contributed by atoms with E-state index in [2.05, 4.69) is 15.2 Å². The predicted molar refractivity (Wildman–Crippen MR) is 142 cm³/mol. The highest BCUT2D eigenvalue weighted by atomic mass is 16.3. The lowest BCUT2D eigenvalue weighted by molar-refractivity contribution is -0.137. The molecule has 204 valence electrons. The fraction of sp³-hybridized carbons (Fsp3) is 0.538. The van der Waals surface area contributed by atoms with Crippen LogP contribution >= 0.6 is 0 Å². The molecule has 2 aromatic rings. The summed E-state index contributed by atoms with van der Waals surface area (Å²) in [5.41, 5.74) is 12.3. The van der Waals surface area contributed by atoms with Gasteiger partial charge in [0.2, 0.25) is 5.91 Å². The molecule has 0 unspecified atom stereocenters. The molecule has 6 N–H and O–H groups in total. The Morgan fingerprint density at radius 2 is 1.76 bits per heavy atom. The van der Waals surface area contributed by atoms with Gasteiger partial charge in [-0.3, -0.25) is 19.6 Å². The molecule has 3 aliphatic rings. The van der Waals surface area contributed by atoms with Gasteiger partial charge in [0, 0.05) is 57.5 Å². The number of anilines is 1. The number of piperazine rings is 1. The van der Waals surface area contributed by atoms with Gasteiger partial charge in [-0.1, -0.05) is 12.1 Å². The average molecular weight is 525 g/mol. The third-order valence-electron chi connectivity index (χ3n) is 7.88. The van der Waals surface area contributed by atoms with Gasteiger partial charge in [0.25, 0.3) is 0 Å². The second kappa shape index (κ2) is 10.1. The van der Waals surface area contributed by atoms with Gasteiger partial charge in [0.15, 0.2) is 0 Å². The van der Waals surface area contributed by atoms with E-state index in [4.69, 9.17) is 11.5 Å². The van der Waals surface area contributed by atoms with Gasteiger partial charge in [-0.25, -0.2) is 9.59 Å². The first-order chi connectivity index (χ1) is 18.1. The topological polar surface area (TPSA) is 163 Å². The van der Waals surface area contributed by atoms with Gasteiger partial charge in [-0.2, -0.15) is 4.98 Å². The van der Waals surface area contributed by atoms with Crippen molar-refractivity contribution in [1.29, 1.82) is 0 Å². The standard InChI is InChI=1S/C26H36N8O4/c1-26(2,28)23(36)31-9-11-32(12-10-31)24(37)29-20-7-8-34(25(38)30-20)17-5-3-16(4-6-17)13-33-14-18-21(22(18)27)19(33)15-35/h3-8,18-19,21-22,35H,9-15,27-28H2,1-2H3,(H,29,30,37,38)/t18-,19+,21-,22+/m0/s1. The maximum Gasteiger partial charge on any atom is 0.354 e. The molecule has 2 saturated heterocycles. The molecule has 1 aromatic carbocycles. The zero-order valence-electron chi connectivity index (χ0n) is 21.8. The van der Waals surface area contributed by atoms with E-state index in [1.807, 2.05) is 24.3 Å². The number of carbonyl (C=O) groups is 2. The van der Waals surface area contributed by atoms with E-state index in [1.165, 1.54) is 4.57 Å². The molecular weight excluding hydrogens is 488 g/mol. The van der Waals surface area contributed by atoms with E-state index in [-0.39, 0.29) is 36.4 Å². The number of urea groups is 1. The van der Waals surface area contributed by atoms with Crippen LogP contribution in [-0.2, 0) is 11.3 Å². The molecule has 12 nitrogen and oxygen atoms in total. The molecule has 3 heterocycles. The largest absolute Gasteiger partial charge is 0.395 e. The average Bonchev–Trinajstić information content (AvgIpc) is 3.35. The van der Waals surface area contributed by atoms with Gasteiger partial charge in [-0.15, -0.1) is 0 Å². The minimum absolute atomic E-state index is 0.105. The van der Waals surface area contributed by atoms with Gasteiger partial charge in [-0.05, 0) is 49.4 Å². The van der Waals surface area contributed by atoms with E-state index >= 15 is 0 Å². The molecule has 38 heavy (non-hydrogen) atoms. The fourth-order valence-electron chi connectivity index (χ4n) is 5.66. The Kier molecular flexibility index (Phi) is 6.99. The van der Waals surface area contributed by atoms with Crippen molar-refractivity contribution >= 4 is 17.8 Å².